The molecule has 0 bridgehead atoms. The van der Waals surface area contributed by atoms with Crippen molar-refractivity contribution < 1.29 is 4.79 Å². The fourth-order valence-electron chi connectivity index (χ4n) is 2.22. The van der Waals surface area contributed by atoms with Gasteiger partial charge in [0.05, 0.1) is 6.54 Å². The van der Waals surface area contributed by atoms with Gasteiger partial charge in [-0.2, -0.15) is 0 Å². The van der Waals surface area contributed by atoms with E-state index >= 15 is 0 Å². The van der Waals surface area contributed by atoms with Crippen molar-refractivity contribution in [1.82, 2.24) is 10.2 Å². The molecular formula is C13H26N2O. The van der Waals surface area contributed by atoms with Gasteiger partial charge in [-0.3, -0.25) is 4.79 Å². The summed E-state index contributed by atoms with van der Waals surface area (Å²) in [5.41, 5.74) is 0. The van der Waals surface area contributed by atoms with Crippen LogP contribution in [0.4, 0.5) is 0 Å². The predicted molar refractivity (Wildman–Crippen MR) is 67.4 cm³/mol. The van der Waals surface area contributed by atoms with E-state index in [2.05, 4.69) is 19.2 Å². The minimum atomic E-state index is 0.283. The number of likely N-dealkylation sites (tertiary alicyclic amines) is 1. The zero-order valence-electron chi connectivity index (χ0n) is 10.8. The van der Waals surface area contributed by atoms with E-state index in [4.69, 9.17) is 0 Å². The maximum Gasteiger partial charge on any atom is 0.236 e. The number of carbonyl (C=O) groups is 1. The molecule has 0 aromatic rings. The second-order valence-electron chi connectivity index (χ2n) is 4.75. The zero-order valence-corrected chi connectivity index (χ0v) is 10.8. The summed E-state index contributed by atoms with van der Waals surface area (Å²) in [6, 6.07) is 0. The third-order valence-electron chi connectivity index (χ3n) is 3.57. The minimum absolute atomic E-state index is 0.283. The van der Waals surface area contributed by atoms with Gasteiger partial charge in [0.1, 0.15) is 0 Å². The lowest BCUT2D eigenvalue weighted by atomic mass is 10.0. The Morgan fingerprint density at radius 3 is 2.38 bits per heavy atom. The fourth-order valence-corrected chi connectivity index (χ4v) is 2.22. The number of hydrogen-bond acceptors (Lipinski definition) is 2. The van der Waals surface area contributed by atoms with Gasteiger partial charge in [0, 0.05) is 13.1 Å². The maximum atomic E-state index is 11.8. The summed E-state index contributed by atoms with van der Waals surface area (Å²) < 4.78 is 0. The first-order valence-electron chi connectivity index (χ1n) is 6.76. The van der Waals surface area contributed by atoms with Gasteiger partial charge >= 0.3 is 0 Å². The molecule has 3 heteroatoms. The van der Waals surface area contributed by atoms with Crippen LogP contribution in [0.25, 0.3) is 0 Å². The van der Waals surface area contributed by atoms with Crippen LogP contribution in [0.1, 0.15) is 46.0 Å². The Balaban J connectivity index is 2.13. The van der Waals surface area contributed by atoms with Crippen LogP contribution in [0.3, 0.4) is 0 Å². The van der Waals surface area contributed by atoms with Gasteiger partial charge in [0.15, 0.2) is 0 Å². The highest BCUT2D eigenvalue weighted by Crippen LogP contribution is 2.08. The second kappa shape index (κ2) is 7.66. The van der Waals surface area contributed by atoms with E-state index in [0.29, 0.717) is 12.5 Å². The molecular weight excluding hydrogens is 200 g/mol. The molecule has 1 N–H and O–H groups in total. The highest BCUT2D eigenvalue weighted by Gasteiger charge is 2.15. The van der Waals surface area contributed by atoms with Crippen LogP contribution in [-0.2, 0) is 4.79 Å². The van der Waals surface area contributed by atoms with E-state index in [0.717, 1.165) is 19.6 Å². The zero-order chi connectivity index (χ0) is 11.8. The van der Waals surface area contributed by atoms with Crippen molar-refractivity contribution in [3.63, 3.8) is 0 Å². The van der Waals surface area contributed by atoms with Gasteiger partial charge in [0.2, 0.25) is 5.91 Å². The Bertz CT molecular complexity index is 196. The van der Waals surface area contributed by atoms with Crippen LogP contribution in [0.5, 0.6) is 0 Å². The summed E-state index contributed by atoms with van der Waals surface area (Å²) in [4.78, 5) is 13.8. The molecule has 0 atom stereocenters. The Kier molecular flexibility index (Phi) is 6.46. The topological polar surface area (TPSA) is 32.3 Å². The minimum Gasteiger partial charge on any atom is -0.342 e. The van der Waals surface area contributed by atoms with Gasteiger partial charge in [-0.15, -0.1) is 0 Å². The second-order valence-corrected chi connectivity index (χ2v) is 4.75. The Morgan fingerprint density at radius 2 is 1.81 bits per heavy atom. The highest BCUT2D eigenvalue weighted by molar-refractivity contribution is 5.78. The normalized spacial score (nSPS) is 16.8. The lowest BCUT2D eigenvalue weighted by Crippen LogP contribution is -2.42. The number of piperidine rings is 1. The maximum absolute atomic E-state index is 11.8. The SMILES string of the molecule is CCC(CC)CNCC(=O)N1CCCCC1. The first-order chi connectivity index (χ1) is 7.77. The van der Waals surface area contributed by atoms with E-state index in [9.17, 15) is 4.79 Å². The average Bonchev–Trinajstić information content (AvgIpc) is 2.35. The number of hydrogen-bond donors (Lipinski definition) is 1. The van der Waals surface area contributed by atoms with Gasteiger partial charge in [-0.05, 0) is 31.7 Å². The average molecular weight is 226 g/mol. The van der Waals surface area contributed by atoms with Crippen molar-refractivity contribution in [3.8, 4) is 0 Å². The summed E-state index contributed by atoms with van der Waals surface area (Å²) in [5, 5.41) is 3.29. The number of rotatable bonds is 6. The monoisotopic (exact) mass is 226 g/mol. The first-order valence-corrected chi connectivity index (χ1v) is 6.76. The molecule has 94 valence electrons. The van der Waals surface area contributed by atoms with Crippen molar-refractivity contribution >= 4 is 5.91 Å². The molecule has 0 aliphatic carbocycles. The van der Waals surface area contributed by atoms with Crippen LogP contribution in [-0.4, -0.2) is 37.0 Å². The third kappa shape index (κ3) is 4.52. The molecule has 1 heterocycles. The molecule has 1 rings (SSSR count). The van der Waals surface area contributed by atoms with Gasteiger partial charge in [0.25, 0.3) is 0 Å². The standard InChI is InChI=1S/C13H26N2O/c1-3-12(4-2)10-14-11-13(16)15-8-6-5-7-9-15/h12,14H,3-11H2,1-2H3. The van der Waals surface area contributed by atoms with Crippen LogP contribution in [0.15, 0.2) is 0 Å². The molecule has 1 amide bonds. The summed E-state index contributed by atoms with van der Waals surface area (Å²) in [6.07, 6.45) is 6.03. The van der Waals surface area contributed by atoms with E-state index in [-0.39, 0.29) is 5.91 Å². The van der Waals surface area contributed by atoms with Crippen LogP contribution in [0, 0.1) is 5.92 Å². The van der Waals surface area contributed by atoms with Crippen molar-refractivity contribution in [2.24, 2.45) is 5.92 Å². The van der Waals surface area contributed by atoms with E-state index < -0.39 is 0 Å². The fraction of sp³-hybridized carbons (Fsp3) is 0.923. The Labute approximate surface area is 99.6 Å². The van der Waals surface area contributed by atoms with E-state index in [1.54, 1.807) is 0 Å². The number of carbonyl (C=O) groups excluding carboxylic acids is 1. The molecule has 16 heavy (non-hydrogen) atoms. The molecule has 1 aliphatic heterocycles. The molecule has 1 saturated heterocycles. The predicted octanol–water partition coefficient (Wildman–Crippen LogP) is 2.02. The molecule has 0 unspecified atom stereocenters. The summed E-state index contributed by atoms with van der Waals surface area (Å²) in [5.74, 6) is 1.000. The summed E-state index contributed by atoms with van der Waals surface area (Å²) in [6.45, 7) is 7.85. The van der Waals surface area contributed by atoms with Crippen molar-refractivity contribution in [2.75, 3.05) is 26.2 Å². The van der Waals surface area contributed by atoms with Crippen molar-refractivity contribution in [1.29, 1.82) is 0 Å². The van der Waals surface area contributed by atoms with Crippen LogP contribution >= 0.6 is 0 Å². The lowest BCUT2D eigenvalue weighted by molar-refractivity contribution is -0.131. The molecule has 0 saturated carbocycles. The number of amides is 1. The van der Waals surface area contributed by atoms with Crippen LogP contribution < -0.4 is 5.32 Å². The van der Waals surface area contributed by atoms with Gasteiger partial charge in [-0.1, -0.05) is 26.7 Å². The summed E-state index contributed by atoms with van der Waals surface area (Å²) >= 11 is 0. The molecule has 1 fully saturated rings. The molecule has 0 spiro atoms. The van der Waals surface area contributed by atoms with Crippen molar-refractivity contribution in [2.45, 2.75) is 46.0 Å². The molecule has 1 aliphatic rings. The first kappa shape index (κ1) is 13.5. The van der Waals surface area contributed by atoms with Gasteiger partial charge in [-0.25, -0.2) is 0 Å². The molecule has 0 radical (unpaired) electrons. The largest absolute Gasteiger partial charge is 0.342 e. The lowest BCUT2D eigenvalue weighted by Gasteiger charge is -2.27. The molecule has 3 nitrogen and oxygen atoms in total. The van der Waals surface area contributed by atoms with Gasteiger partial charge < -0.3 is 10.2 Å². The quantitative estimate of drug-likeness (QED) is 0.751. The summed E-state index contributed by atoms with van der Waals surface area (Å²) in [7, 11) is 0. The van der Waals surface area contributed by atoms with E-state index in [1.165, 1.54) is 32.1 Å². The Morgan fingerprint density at radius 1 is 1.19 bits per heavy atom. The smallest absolute Gasteiger partial charge is 0.236 e. The number of nitrogens with zero attached hydrogens (tertiary/aromatic N) is 1. The highest BCUT2D eigenvalue weighted by atomic mass is 16.2. The number of nitrogens with one attached hydrogen (secondary N) is 1. The third-order valence-corrected chi connectivity index (χ3v) is 3.57. The molecule has 0 aromatic heterocycles. The van der Waals surface area contributed by atoms with Crippen molar-refractivity contribution in [3.05, 3.63) is 0 Å². The van der Waals surface area contributed by atoms with E-state index in [1.807, 2.05) is 4.90 Å². The Hall–Kier alpha value is -0.570. The van der Waals surface area contributed by atoms with Crippen LogP contribution in [0.2, 0.25) is 0 Å². The molecule has 0 aromatic carbocycles.